The van der Waals surface area contributed by atoms with Crippen molar-refractivity contribution >= 4 is 46.4 Å². The maximum Gasteiger partial charge on any atom is 0.259 e. The van der Waals surface area contributed by atoms with Crippen LogP contribution in [0.1, 0.15) is 15.9 Å². The number of benzene rings is 1. The second-order valence-corrected chi connectivity index (χ2v) is 5.41. The van der Waals surface area contributed by atoms with Crippen LogP contribution >= 0.6 is 34.8 Å². The molecule has 0 spiro atoms. The molecule has 0 unspecified atom stereocenters. The summed E-state index contributed by atoms with van der Waals surface area (Å²) in [5, 5.41) is 3.57. The summed E-state index contributed by atoms with van der Waals surface area (Å²) < 4.78 is 5.15. The Hall–Kier alpha value is -1.49. The van der Waals surface area contributed by atoms with Crippen LogP contribution in [0, 0.1) is 6.92 Å². The molecule has 1 N–H and O–H groups in total. The lowest BCUT2D eigenvalue weighted by molar-refractivity contribution is 0.102. The number of aromatic nitrogens is 1. The van der Waals surface area contributed by atoms with Gasteiger partial charge in [0.05, 0.1) is 18.4 Å². The Morgan fingerprint density at radius 2 is 1.95 bits per heavy atom. The van der Waals surface area contributed by atoms with Gasteiger partial charge in [0.15, 0.2) is 5.15 Å². The van der Waals surface area contributed by atoms with E-state index in [4.69, 9.17) is 39.5 Å². The first-order valence-corrected chi connectivity index (χ1v) is 7.03. The number of amides is 1. The number of aryl methyl sites for hydroxylation is 1. The molecule has 2 aromatic rings. The van der Waals surface area contributed by atoms with E-state index in [1.54, 1.807) is 31.2 Å². The summed E-state index contributed by atoms with van der Waals surface area (Å²) in [6.45, 7) is 1.77. The molecular formula is C14H11Cl3N2O2. The molecule has 0 aliphatic carbocycles. The Labute approximate surface area is 137 Å². The van der Waals surface area contributed by atoms with Crippen molar-refractivity contribution in [1.82, 2.24) is 4.98 Å². The molecule has 0 bridgehead atoms. The SMILES string of the molecule is COc1cc(Cl)ccc1C(=O)Nc1c(C)cc(Cl)nc1Cl. The average molecular weight is 346 g/mol. The Morgan fingerprint density at radius 3 is 2.57 bits per heavy atom. The average Bonchev–Trinajstić information content (AvgIpc) is 2.42. The van der Waals surface area contributed by atoms with Crippen molar-refractivity contribution in [3.05, 3.63) is 50.7 Å². The van der Waals surface area contributed by atoms with Crippen molar-refractivity contribution < 1.29 is 9.53 Å². The number of pyridine rings is 1. The number of hydrogen-bond donors (Lipinski definition) is 1. The number of rotatable bonds is 3. The van der Waals surface area contributed by atoms with Gasteiger partial charge in [0.25, 0.3) is 5.91 Å². The number of ether oxygens (including phenoxy) is 1. The fourth-order valence-corrected chi connectivity index (χ4v) is 2.52. The van der Waals surface area contributed by atoms with E-state index in [0.29, 0.717) is 27.6 Å². The van der Waals surface area contributed by atoms with Crippen LogP contribution in [0.25, 0.3) is 0 Å². The number of methoxy groups -OCH3 is 1. The molecule has 0 aliphatic rings. The molecule has 0 saturated heterocycles. The van der Waals surface area contributed by atoms with Gasteiger partial charge in [-0.1, -0.05) is 34.8 Å². The van der Waals surface area contributed by atoms with Crippen LogP contribution in [0.15, 0.2) is 24.3 Å². The Balaban J connectivity index is 2.35. The summed E-state index contributed by atoms with van der Waals surface area (Å²) in [6.07, 6.45) is 0. The molecule has 1 aromatic carbocycles. The van der Waals surface area contributed by atoms with Gasteiger partial charge < -0.3 is 10.1 Å². The zero-order valence-electron chi connectivity index (χ0n) is 11.2. The van der Waals surface area contributed by atoms with Crippen LogP contribution in [0.3, 0.4) is 0 Å². The highest BCUT2D eigenvalue weighted by molar-refractivity contribution is 6.35. The van der Waals surface area contributed by atoms with Gasteiger partial charge in [-0.15, -0.1) is 0 Å². The zero-order valence-corrected chi connectivity index (χ0v) is 13.5. The lowest BCUT2D eigenvalue weighted by Gasteiger charge is -2.12. The molecule has 110 valence electrons. The maximum atomic E-state index is 12.3. The molecule has 0 atom stereocenters. The third-order valence-corrected chi connectivity index (χ3v) is 3.49. The Morgan fingerprint density at radius 1 is 1.24 bits per heavy atom. The predicted molar refractivity (Wildman–Crippen MR) is 85.0 cm³/mol. The van der Waals surface area contributed by atoms with Gasteiger partial charge >= 0.3 is 0 Å². The number of carbonyl (C=O) groups is 1. The molecular weight excluding hydrogens is 335 g/mol. The number of hydrogen-bond acceptors (Lipinski definition) is 3. The Kier molecular flexibility index (Phi) is 4.93. The van der Waals surface area contributed by atoms with Crippen LogP contribution in [0.5, 0.6) is 5.75 Å². The highest BCUT2D eigenvalue weighted by Crippen LogP contribution is 2.29. The van der Waals surface area contributed by atoms with Gasteiger partial charge in [-0.05, 0) is 36.8 Å². The summed E-state index contributed by atoms with van der Waals surface area (Å²) in [6, 6.07) is 6.35. The quantitative estimate of drug-likeness (QED) is 0.826. The standard InChI is InChI=1S/C14H11Cl3N2O2/c1-7-5-11(16)18-13(17)12(7)19-14(20)9-4-3-8(15)6-10(9)21-2/h3-6H,1-2H3,(H,19,20). The molecule has 7 heteroatoms. The van der Waals surface area contributed by atoms with E-state index in [1.807, 2.05) is 0 Å². The van der Waals surface area contributed by atoms with Crippen LogP contribution in [0.2, 0.25) is 15.3 Å². The van der Waals surface area contributed by atoms with Crippen molar-refractivity contribution in [3.63, 3.8) is 0 Å². The Bertz CT molecular complexity index is 682. The maximum absolute atomic E-state index is 12.3. The number of carbonyl (C=O) groups excluding carboxylic acids is 1. The topological polar surface area (TPSA) is 51.2 Å². The smallest absolute Gasteiger partial charge is 0.259 e. The molecule has 2 rings (SSSR count). The molecule has 1 aromatic heterocycles. The lowest BCUT2D eigenvalue weighted by Crippen LogP contribution is -2.14. The third-order valence-electron chi connectivity index (χ3n) is 2.79. The van der Waals surface area contributed by atoms with Gasteiger partial charge in [0.1, 0.15) is 10.9 Å². The second kappa shape index (κ2) is 6.52. The van der Waals surface area contributed by atoms with Gasteiger partial charge in [0.2, 0.25) is 0 Å². The van der Waals surface area contributed by atoms with Crippen LogP contribution < -0.4 is 10.1 Å². The fourth-order valence-electron chi connectivity index (χ4n) is 1.78. The molecule has 0 radical (unpaired) electrons. The first kappa shape index (κ1) is 15.9. The second-order valence-electron chi connectivity index (χ2n) is 4.23. The molecule has 1 amide bonds. The van der Waals surface area contributed by atoms with Gasteiger partial charge in [-0.3, -0.25) is 4.79 Å². The molecule has 21 heavy (non-hydrogen) atoms. The van der Waals surface area contributed by atoms with E-state index in [1.165, 1.54) is 7.11 Å². The van der Waals surface area contributed by atoms with Crippen molar-refractivity contribution in [3.8, 4) is 5.75 Å². The molecule has 4 nitrogen and oxygen atoms in total. The number of nitrogens with zero attached hydrogens (tertiary/aromatic N) is 1. The van der Waals surface area contributed by atoms with Crippen LogP contribution in [-0.2, 0) is 0 Å². The summed E-state index contributed by atoms with van der Waals surface area (Å²) in [4.78, 5) is 16.2. The third kappa shape index (κ3) is 3.59. The van der Waals surface area contributed by atoms with Crippen molar-refractivity contribution in [2.24, 2.45) is 0 Å². The van der Waals surface area contributed by atoms with E-state index in [2.05, 4.69) is 10.3 Å². The first-order valence-electron chi connectivity index (χ1n) is 5.90. The van der Waals surface area contributed by atoms with E-state index < -0.39 is 0 Å². The molecule has 0 aliphatic heterocycles. The summed E-state index contributed by atoms with van der Waals surface area (Å²) in [5.41, 5.74) is 1.46. The summed E-state index contributed by atoms with van der Waals surface area (Å²) in [5.74, 6) is -0.00617. The van der Waals surface area contributed by atoms with E-state index >= 15 is 0 Å². The van der Waals surface area contributed by atoms with Gasteiger partial charge in [-0.25, -0.2) is 4.98 Å². The highest BCUT2D eigenvalue weighted by atomic mass is 35.5. The minimum atomic E-state index is -0.377. The van der Waals surface area contributed by atoms with Crippen molar-refractivity contribution in [1.29, 1.82) is 0 Å². The van der Waals surface area contributed by atoms with E-state index in [0.717, 1.165) is 0 Å². The summed E-state index contributed by atoms with van der Waals surface area (Å²) >= 11 is 17.7. The van der Waals surface area contributed by atoms with Crippen LogP contribution in [-0.4, -0.2) is 18.0 Å². The summed E-state index contributed by atoms with van der Waals surface area (Å²) in [7, 11) is 1.46. The molecule has 0 saturated carbocycles. The van der Waals surface area contributed by atoms with Gasteiger partial charge in [-0.2, -0.15) is 0 Å². The van der Waals surface area contributed by atoms with Crippen molar-refractivity contribution in [2.75, 3.05) is 12.4 Å². The highest BCUT2D eigenvalue weighted by Gasteiger charge is 2.16. The van der Waals surface area contributed by atoms with Gasteiger partial charge in [0, 0.05) is 5.02 Å². The largest absolute Gasteiger partial charge is 0.496 e. The van der Waals surface area contributed by atoms with E-state index in [-0.39, 0.29) is 16.2 Å². The lowest BCUT2D eigenvalue weighted by atomic mass is 10.1. The van der Waals surface area contributed by atoms with E-state index in [9.17, 15) is 4.79 Å². The number of halogens is 3. The fraction of sp³-hybridized carbons (Fsp3) is 0.143. The minimum absolute atomic E-state index is 0.126. The normalized spacial score (nSPS) is 10.3. The van der Waals surface area contributed by atoms with Crippen LogP contribution in [0.4, 0.5) is 5.69 Å². The monoisotopic (exact) mass is 344 g/mol. The zero-order chi connectivity index (χ0) is 15.6. The predicted octanol–water partition coefficient (Wildman–Crippen LogP) is 4.61. The van der Waals surface area contributed by atoms with Crippen molar-refractivity contribution in [2.45, 2.75) is 6.92 Å². The first-order chi connectivity index (χ1) is 9.92. The molecule has 0 fully saturated rings. The molecule has 1 heterocycles. The minimum Gasteiger partial charge on any atom is -0.496 e. The number of anilines is 1. The number of nitrogens with one attached hydrogen (secondary N) is 1.